The summed E-state index contributed by atoms with van der Waals surface area (Å²) in [6, 6.07) is 0. The fourth-order valence-electron chi connectivity index (χ4n) is 1.02. The maximum Gasteiger partial charge on any atom is 0.0597 e. The fourth-order valence-corrected chi connectivity index (χ4v) is 1.02. The van der Waals surface area contributed by atoms with Crippen molar-refractivity contribution < 1.29 is 20.1 Å². The third-order valence-electron chi connectivity index (χ3n) is 2.09. The first kappa shape index (κ1) is 17.2. The van der Waals surface area contributed by atoms with Crippen molar-refractivity contribution in [1.82, 2.24) is 0 Å². The molecule has 1 rings (SSSR count). The largest absolute Gasteiger partial charge is 0.412 e. The summed E-state index contributed by atoms with van der Waals surface area (Å²) in [6.45, 7) is 7.22. The van der Waals surface area contributed by atoms with Crippen LogP contribution >= 0.6 is 0 Å². The highest BCUT2D eigenvalue weighted by atomic mass is 16.5. The van der Waals surface area contributed by atoms with Crippen LogP contribution in [-0.2, 0) is 9.47 Å². The lowest BCUT2D eigenvalue weighted by Gasteiger charge is -2.14. The fraction of sp³-hybridized carbons (Fsp3) is 1.00. The molecule has 1 heterocycles. The van der Waals surface area contributed by atoms with Gasteiger partial charge in [-0.15, -0.1) is 0 Å². The van der Waals surface area contributed by atoms with Crippen LogP contribution in [0.2, 0.25) is 0 Å². The molecule has 4 heteroatoms. The quantitative estimate of drug-likeness (QED) is 0.762. The summed E-state index contributed by atoms with van der Waals surface area (Å²) in [5.41, 5.74) is 0.0417. The van der Waals surface area contributed by atoms with Crippen LogP contribution in [-0.4, -0.2) is 42.6 Å². The minimum absolute atomic E-state index is 0. The third kappa shape index (κ3) is 11.8. The zero-order chi connectivity index (χ0) is 11.0. The van der Waals surface area contributed by atoms with Crippen LogP contribution in [0.15, 0.2) is 0 Å². The molecular formula is C11H26O4. The number of hydrogen-bond acceptors (Lipinski definition) is 3. The van der Waals surface area contributed by atoms with Crippen LogP contribution < -0.4 is 0 Å². The van der Waals surface area contributed by atoms with E-state index in [2.05, 4.69) is 0 Å². The molecule has 1 aliphatic heterocycles. The molecule has 1 unspecified atom stereocenters. The van der Waals surface area contributed by atoms with E-state index in [0.29, 0.717) is 6.10 Å². The summed E-state index contributed by atoms with van der Waals surface area (Å²) < 4.78 is 10.2. The third-order valence-corrected chi connectivity index (χ3v) is 2.09. The molecule has 4 nitrogen and oxygen atoms in total. The number of hydrogen-bond donors (Lipinski definition) is 1. The summed E-state index contributed by atoms with van der Waals surface area (Å²) in [4.78, 5) is 0. The highest BCUT2D eigenvalue weighted by molar-refractivity contribution is 4.63. The van der Waals surface area contributed by atoms with Crippen LogP contribution in [0.3, 0.4) is 0 Å². The van der Waals surface area contributed by atoms with Gasteiger partial charge in [0, 0.05) is 20.3 Å². The normalized spacial score (nSPS) is 20.2. The Labute approximate surface area is 92.9 Å². The number of aliphatic hydroxyl groups is 1. The first-order valence-electron chi connectivity index (χ1n) is 5.27. The zero-order valence-electron chi connectivity index (χ0n) is 10.4. The van der Waals surface area contributed by atoms with E-state index in [1.165, 1.54) is 6.42 Å². The molecule has 94 valence electrons. The molecule has 0 spiro atoms. The number of aliphatic hydroxyl groups excluding tert-OH is 1. The van der Waals surface area contributed by atoms with Gasteiger partial charge in [-0.2, -0.15) is 0 Å². The zero-order valence-corrected chi connectivity index (χ0v) is 10.4. The van der Waals surface area contributed by atoms with Gasteiger partial charge in [-0.3, -0.25) is 0 Å². The molecule has 0 aromatic rings. The Kier molecular flexibility index (Phi) is 10.5. The Morgan fingerprint density at radius 2 is 1.93 bits per heavy atom. The van der Waals surface area contributed by atoms with Crippen molar-refractivity contribution in [3.05, 3.63) is 0 Å². The highest BCUT2D eigenvalue weighted by Crippen LogP contribution is 2.13. The van der Waals surface area contributed by atoms with Gasteiger partial charge < -0.3 is 20.1 Å². The summed E-state index contributed by atoms with van der Waals surface area (Å²) in [7, 11) is 1.71. The van der Waals surface area contributed by atoms with Gasteiger partial charge in [0.25, 0.3) is 0 Å². The molecule has 1 fully saturated rings. The minimum atomic E-state index is 0. The van der Waals surface area contributed by atoms with Gasteiger partial charge in [-0.25, -0.2) is 0 Å². The first-order chi connectivity index (χ1) is 6.49. The Morgan fingerprint density at radius 1 is 1.40 bits per heavy atom. The molecule has 0 aliphatic carbocycles. The van der Waals surface area contributed by atoms with Crippen molar-refractivity contribution in [2.24, 2.45) is 0 Å². The molecular weight excluding hydrogens is 196 g/mol. The average molecular weight is 222 g/mol. The van der Waals surface area contributed by atoms with Crippen molar-refractivity contribution in [2.75, 3.05) is 20.3 Å². The molecule has 1 aliphatic rings. The minimum Gasteiger partial charge on any atom is -0.412 e. The predicted octanol–water partition coefficient (Wildman–Crippen LogP) is 1.15. The molecule has 0 amide bonds. The van der Waals surface area contributed by atoms with Crippen LogP contribution in [0.25, 0.3) is 0 Å². The van der Waals surface area contributed by atoms with E-state index < -0.39 is 0 Å². The predicted molar refractivity (Wildman–Crippen MR) is 61.1 cm³/mol. The Hall–Kier alpha value is -0.160. The first-order valence-corrected chi connectivity index (χ1v) is 5.27. The van der Waals surface area contributed by atoms with Crippen LogP contribution in [0.5, 0.6) is 0 Å². The van der Waals surface area contributed by atoms with Crippen molar-refractivity contribution in [3.8, 4) is 0 Å². The van der Waals surface area contributed by atoms with Gasteiger partial charge in [0.2, 0.25) is 0 Å². The van der Waals surface area contributed by atoms with Gasteiger partial charge in [-0.05, 0) is 40.0 Å². The lowest BCUT2D eigenvalue weighted by atomic mass is 10.2. The van der Waals surface area contributed by atoms with E-state index in [0.717, 1.165) is 19.4 Å². The monoisotopic (exact) mass is 222 g/mol. The molecule has 0 aromatic carbocycles. The summed E-state index contributed by atoms with van der Waals surface area (Å²) in [6.07, 6.45) is 3.49. The van der Waals surface area contributed by atoms with Crippen LogP contribution in [0.1, 0.15) is 40.0 Å². The number of methoxy groups -OCH3 is 1. The lowest BCUT2D eigenvalue weighted by Crippen LogP contribution is -2.15. The standard InChI is InChI=1S/C6H12O2.C5H12O.H2O/c7-4-3-6-2-1-5-8-6;1-5(2,3)6-4;/h6-7H,1-5H2;1-4H3;1H2. The van der Waals surface area contributed by atoms with Gasteiger partial charge in [0.15, 0.2) is 0 Å². The number of ether oxygens (including phenoxy) is 2. The van der Waals surface area contributed by atoms with E-state index >= 15 is 0 Å². The van der Waals surface area contributed by atoms with E-state index in [1.807, 2.05) is 20.8 Å². The van der Waals surface area contributed by atoms with Crippen molar-refractivity contribution in [2.45, 2.75) is 51.7 Å². The maximum atomic E-state index is 8.45. The molecule has 1 saturated heterocycles. The second-order valence-electron chi connectivity index (χ2n) is 4.46. The molecule has 0 aromatic heterocycles. The van der Waals surface area contributed by atoms with E-state index in [-0.39, 0.29) is 17.7 Å². The molecule has 0 saturated carbocycles. The van der Waals surface area contributed by atoms with Crippen LogP contribution in [0.4, 0.5) is 0 Å². The van der Waals surface area contributed by atoms with Crippen molar-refractivity contribution in [3.63, 3.8) is 0 Å². The van der Waals surface area contributed by atoms with Gasteiger partial charge in [0.1, 0.15) is 0 Å². The van der Waals surface area contributed by atoms with Gasteiger partial charge in [0.05, 0.1) is 11.7 Å². The van der Waals surface area contributed by atoms with Crippen LogP contribution in [0, 0.1) is 0 Å². The van der Waals surface area contributed by atoms with Crippen molar-refractivity contribution >= 4 is 0 Å². The van der Waals surface area contributed by atoms with E-state index in [9.17, 15) is 0 Å². The van der Waals surface area contributed by atoms with Gasteiger partial charge >= 0.3 is 0 Å². The lowest BCUT2D eigenvalue weighted by molar-refractivity contribution is 0.0397. The topological polar surface area (TPSA) is 70.2 Å². The summed E-state index contributed by atoms with van der Waals surface area (Å²) in [5, 5.41) is 8.45. The summed E-state index contributed by atoms with van der Waals surface area (Å²) in [5.74, 6) is 0. The number of rotatable bonds is 2. The molecule has 1 atom stereocenters. The molecule has 0 radical (unpaired) electrons. The van der Waals surface area contributed by atoms with Gasteiger partial charge in [-0.1, -0.05) is 0 Å². The summed E-state index contributed by atoms with van der Waals surface area (Å²) >= 11 is 0. The van der Waals surface area contributed by atoms with E-state index in [1.54, 1.807) is 7.11 Å². The Bertz CT molecular complexity index is 125. The van der Waals surface area contributed by atoms with Crippen molar-refractivity contribution in [1.29, 1.82) is 0 Å². The highest BCUT2D eigenvalue weighted by Gasteiger charge is 2.13. The smallest absolute Gasteiger partial charge is 0.0597 e. The Balaban J connectivity index is 0. The average Bonchev–Trinajstić information content (AvgIpc) is 2.58. The SMILES string of the molecule is COC(C)(C)C.O.OCCC1CCCO1. The Morgan fingerprint density at radius 3 is 2.20 bits per heavy atom. The second kappa shape index (κ2) is 9.09. The molecule has 15 heavy (non-hydrogen) atoms. The molecule has 0 bridgehead atoms. The van der Waals surface area contributed by atoms with E-state index in [4.69, 9.17) is 14.6 Å². The maximum absolute atomic E-state index is 8.45. The molecule has 3 N–H and O–H groups in total. The second-order valence-corrected chi connectivity index (χ2v) is 4.46.